The molecule has 0 spiro atoms. The van der Waals surface area contributed by atoms with Crippen LogP contribution >= 0.6 is 0 Å². The molecule has 1 unspecified atom stereocenters. The van der Waals surface area contributed by atoms with Crippen molar-refractivity contribution in [3.05, 3.63) is 59.7 Å². The van der Waals surface area contributed by atoms with Crippen LogP contribution in [0.4, 0.5) is 23.7 Å². The van der Waals surface area contributed by atoms with E-state index in [2.05, 4.69) is 33.0 Å². The minimum atomic E-state index is -3.90. The van der Waals surface area contributed by atoms with Gasteiger partial charge in [-0.25, -0.2) is 26.4 Å². The molecule has 302 valence electrons. The number of methoxy groups -OCH3 is 1. The lowest BCUT2D eigenvalue weighted by Gasteiger charge is -2.55. The highest BCUT2D eigenvalue weighted by Gasteiger charge is 2.79. The molecule has 0 bridgehead atoms. The number of halogens is 3. The lowest BCUT2D eigenvalue weighted by molar-refractivity contribution is -0.124. The van der Waals surface area contributed by atoms with Crippen LogP contribution in [0.1, 0.15) is 63.9 Å². The molecule has 2 saturated carbocycles. The van der Waals surface area contributed by atoms with Crippen molar-refractivity contribution in [2.75, 3.05) is 77.5 Å². The summed E-state index contributed by atoms with van der Waals surface area (Å²) in [6.45, 7) is 6.07. The number of rotatable bonds is 11. The Labute approximate surface area is 328 Å². The van der Waals surface area contributed by atoms with Crippen molar-refractivity contribution >= 4 is 27.5 Å². The van der Waals surface area contributed by atoms with Gasteiger partial charge in [0.15, 0.2) is 15.5 Å². The van der Waals surface area contributed by atoms with Crippen LogP contribution in [0.5, 0.6) is 0 Å². The molecular formula is C42H52F3N5O5S. The second-order valence-corrected chi connectivity index (χ2v) is 19.4. The van der Waals surface area contributed by atoms with Crippen molar-refractivity contribution in [1.82, 2.24) is 20.0 Å². The molecule has 10 nitrogen and oxygen atoms in total. The van der Waals surface area contributed by atoms with E-state index in [1.165, 1.54) is 30.2 Å². The third-order valence-corrected chi connectivity index (χ3v) is 16.3. The number of benzene rings is 2. The Kier molecular flexibility index (Phi) is 10.1. The number of piperidine rings is 1. The molecule has 4 atom stereocenters. The van der Waals surface area contributed by atoms with Gasteiger partial charge in [0, 0.05) is 37.0 Å². The molecule has 0 aromatic heterocycles. The van der Waals surface area contributed by atoms with E-state index in [4.69, 9.17) is 4.74 Å². The number of likely N-dealkylation sites (tertiary alicyclic amines) is 3. The van der Waals surface area contributed by atoms with Gasteiger partial charge in [-0.3, -0.25) is 9.69 Å². The van der Waals surface area contributed by atoms with Gasteiger partial charge in [-0.2, -0.15) is 0 Å². The number of sulfone groups is 1. The van der Waals surface area contributed by atoms with Gasteiger partial charge in [0.05, 0.1) is 41.6 Å². The summed E-state index contributed by atoms with van der Waals surface area (Å²) in [5, 5.41) is 2.41. The van der Waals surface area contributed by atoms with Crippen LogP contribution in [0.15, 0.2) is 47.4 Å². The van der Waals surface area contributed by atoms with E-state index in [0.717, 1.165) is 76.2 Å². The van der Waals surface area contributed by atoms with Gasteiger partial charge < -0.3 is 24.8 Å². The smallest absolute Gasteiger partial charge is 0.407 e. The van der Waals surface area contributed by atoms with Gasteiger partial charge >= 0.3 is 6.09 Å². The molecule has 2 amide bonds. The molecule has 4 heterocycles. The molecule has 1 N–H and O–H groups in total. The maximum absolute atomic E-state index is 16.3. The lowest BCUT2D eigenvalue weighted by Crippen LogP contribution is -2.65. The van der Waals surface area contributed by atoms with Crippen LogP contribution in [0, 0.1) is 34.8 Å². The van der Waals surface area contributed by atoms with Gasteiger partial charge in [0.1, 0.15) is 11.6 Å². The number of nitrogens with one attached hydrogen (secondary N) is 1. The number of hydrogen-bond acceptors (Lipinski definition) is 8. The molecule has 4 aliphatic heterocycles. The second-order valence-electron chi connectivity index (χ2n) is 17.2. The van der Waals surface area contributed by atoms with Crippen molar-refractivity contribution in [2.45, 2.75) is 85.1 Å². The summed E-state index contributed by atoms with van der Waals surface area (Å²) in [4.78, 5) is 32.3. The van der Waals surface area contributed by atoms with Gasteiger partial charge in [-0.1, -0.05) is 24.5 Å². The van der Waals surface area contributed by atoms with Crippen LogP contribution < -0.4 is 10.2 Å². The number of alkyl carbamates (subject to hydrolysis) is 1. The Morgan fingerprint density at radius 3 is 2.41 bits per heavy atom. The maximum Gasteiger partial charge on any atom is 0.407 e. The first-order chi connectivity index (χ1) is 26.8. The SMILES string of the molecule is CC#CC(=O)N1CC[C@H](S(=O)(=O)c2ccc(N3CC(F)(CN4CCC(C(CN5CCC5)(c5cccc(F)c5)[C@@]56CCC[C@]5(NC(=O)OC)C6)CC4)C3)c(F)c2)C1. The normalized spacial score (nSPS) is 28.6. The van der Waals surface area contributed by atoms with E-state index in [0.29, 0.717) is 13.1 Å². The van der Waals surface area contributed by atoms with Gasteiger partial charge in [-0.15, -0.1) is 0 Å². The zero-order chi connectivity index (χ0) is 39.5. The second kappa shape index (κ2) is 14.5. The van der Waals surface area contributed by atoms with Crippen LogP contribution in [0.25, 0.3) is 0 Å². The van der Waals surface area contributed by atoms with E-state index < -0.39 is 49.5 Å². The van der Waals surface area contributed by atoms with Crippen LogP contribution in [0.3, 0.4) is 0 Å². The first-order valence-corrected chi connectivity index (χ1v) is 21.6. The van der Waals surface area contributed by atoms with Gasteiger partial charge in [0.25, 0.3) is 5.91 Å². The molecule has 2 aliphatic carbocycles. The highest BCUT2D eigenvalue weighted by Crippen LogP contribution is 2.77. The molecule has 8 rings (SSSR count). The molecule has 0 radical (unpaired) electrons. The quantitative estimate of drug-likeness (QED) is 0.321. The zero-order valence-corrected chi connectivity index (χ0v) is 33.1. The summed E-state index contributed by atoms with van der Waals surface area (Å²) in [6, 6.07) is 10.9. The fraction of sp³-hybridized carbons (Fsp3) is 0.619. The van der Waals surface area contributed by atoms with Crippen LogP contribution in [0.2, 0.25) is 0 Å². The Morgan fingerprint density at radius 1 is 0.982 bits per heavy atom. The predicted molar refractivity (Wildman–Crippen MR) is 206 cm³/mol. The summed E-state index contributed by atoms with van der Waals surface area (Å²) in [6.07, 6.45) is 6.10. The summed E-state index contributed by atoms with van der Waals surface area (Å²) in [5.74, 6) is 3.73. The third kappa shape index (κ3) is 6.55. The molecule has 2 aromatic rings. The average Bonchev–Trinajstić information content (AvgIpc) is 3.42. The van der Waals surface area contributed by atoms with Gasteiger partial charge in [-0.05, 0) is 126 Å². The molecule has 56 heavy (non-hydrogen) atoms. The molecule has 6 aliphatic rings. The molecule has 14 heteroatoms. The number of carbonyl (C=O) groups excluding carboxylic acids is 2. The molecule has 4 saturated heterocycles. The fourth-order valence-electron chi connectivity index (χ4n) is 11.4. The first-order valence-electron chi connectivity index (χ1n) is 20.0. The van der Waals surface area contributed by atoms with Crippen molar-refractivity contribution in [3.63, 3.8) is 0 Å². The standard InChI is InChI=1S/C42H52F3N5O5S/c1-3-7-37(51)49-21-14-34(24-49)56(53,54)33-10-11-36(35(44)23-33)50-27-39(45,28-50)26-48-19-12-30(13-20-48)42(29-47-17-6-18-47,31-8-4-9-32(43)22-31)40-15-5-16-41(40,25-40)46-38(52)55-2/h4,8-11,22-23,30,34H,5-6,12-21,24-29H2,1-2H3,(H,46,52)/t34-,40+,41-,42?/m0/s1. The van der Waals surface area contributed by atoms with Crippen molar-refractivity contribution < 1.29 is 35.9 Å². The number of ether oxygens (including phenoxy) is 1. The van der Waals surface area contributed by atoms with Gasteiger partial charge in [0.2, 0.25) is 0 Å². The van der Waals surface area contributed by atoms with E-state index in [1.807, 2.05) is 0 Å². The number of hydrogen-bond donors (Lipinski definition) is 1. The monoisotopic (exact) mass is 795 g/mol. The molecule has 6 fully saturated rings. The van der Waals surface area contributed by atoms with Crippen LogP contribution in [-0.2, 0) is 24.8 Å². The molecular weight excluding hydrogens is 744 g/mol. The maximum atomic E-state index is 16.3. The van der Waals surface area contributed by atoms with Crippen molar-refractivity contribution in [2.24, 2.45) is 11.3 Å². The third-order valence-electron chi connectivity index (χ3n) is 14.2. The highest BCUT2D eigenvalue weighted by molar-refractivity contribution is 7.92. The largest absolute Gasteiger partial charge is 0.453 e. The summed E-state index contributed by atoms with van der Waals surface area (Å²) in [7, 11) is -2.51. The minimum Gasteiger partial charge on any atom is -0.453 e. The fourth-order valence-corrected chi connectivity index (χ4v) is 13.1. The topological polar surface area (TPSA) is 103 Å². The number of alkyl halides is 1. The van der Waals surface area contributed by atoms with E-state index >= 15 is 13.2 Å². The Bertz CT molecular complexity index is 2040. The van der Waals surface area contributed by atoms with Crippen molar-refractivity contribution in [1.29, 1.82) is 0 Å². The predicted octanol–water partition coefficient (Wildman–Crippen LogP) is 4.92. The van der Waals surface area contributed by atoms with E-state index in [9.17, 15) is 18.0 Å². The number of fused-ring (bicyclic) bond motifs is 1. The number of nitrogens with zero attached hydrogens (tertiary/aromatic N) is 4. The summed E-state index contributed by atoms with van der Waals surface area (Å²) < 4.78 is 78.8. The minimum absolute atomic E-state index is 0.00541. The number of anilines is 1. The Morgan fingerprint density at radius 2 is 1.75 bits per heavy atom. The summed E-state index contributed by atoms with van der Waals surface area (Å²) >= 11 is 0. The summed E-state index contributed by atoms with van der Waals surface area (Å²) in [5.41, 5.74) is -1.50. The Hall–Kier alpha value is -3.80. The molecule has 2 aromatic carbocycles. The zero-order valence-electron chi connectivity index (χ0n) is 32.3. The van der Waals surface area contributed by atoms with E-state index in [-0.39, 0.29) is 66.9 Å². The van der Waals surface area contributed by atoms with Crippen LogP contribution in [-0.4, -0.2) is 124 Å². The average molecular weight is 796 g/mol. The van der Waals surface area contributed by atoms with Crippen molar-refractivity contribution in [3.8, 4) is 11.8 Å². The number of carbonyl (C=O) groups is 2. The Balaban J connectivity index is 0.945. The number of amides is 2. The van der Waals surface area contributed by atoms with E-state index in [1.54, 1.807) is 24.0 Å². The first kappa shape index (κ1) is 39.0. The lowest BCUT2D eigenvalue weighted by atomic mass is 9.56. The highest BCUT2D eigenvalue weighted by atomic mass is 32.2.